The van der Waals surface area contributed by atoms with E-state index in [0.29, 0.717) is 12.8 Å². The molecule has 5 nitrogen and oxygen atoms in total. The quantitative estimate of drug-likeness (QED) is 0.737. The number of nitrogens with one attached hydrogen (secondary N) is 1. The molecule has 0 atom stereocenters. The summed E-state index contributed by atoms with van der Waals surface area (Å²) in [4.78, 5) is 17.6. The fraction of sp³-hybridized carbons (Fsp3) is 0.929. The minimum absolute atomic E-state index is 0.176. The summed E-state index contributed by atoms with van der Waals surface area (Å²) in [5.41, 5.74) is -1.65. The Kier molecular flexibility index (Phi) is 3.05. The second kappa shape index (κ2) is 3.93. The molecular weight excluding hydrogens is 244 g/mol. The van der Waals surface area contributed by atoms with Crippen LogP contribution in [0.4, 0.5) is 0 Å². The van der Waals surface area contributed by atoms with Crippen LogP contribution in [0, 0.1) is 0 Å². The van der Waals surface area contributed by atoms with Gasteiger partial charge in [0.2, 0.25) is 0 Å². The average molecular weight is 270 g/mol. The smallest absolute Gasteiger partial charge is 0.327 e. The first kappa shape index (κ1) is 14.8. The van der Waals surface area contributed by atoms with E-state index in [1.54, 1.807) is 7.11 Å². The Balaban J connectivity index is 2.35. The van der Waals surface area contributed by atoms with Gasteiger partial charge in [0, 0.05) is 23.9 Å². The van der Waals surface area contributed by atoms with Gasteiger partial charge in [0.25, 0.3) is 0 Å². The highest BCUT2D eigenvalue weighted by molar-refractivity contribution is 5.82. The fourth-order valence-corrected chi connectivity index (χ4v) is 4.03. The molecule has 0 amide bonds. The van der Waals surface area contributed by atoms with Crippen molar-refractivity contribution in [2.75, 3.05) is 7.11 Å². The molecular formula is C14H26N2O3. The van der Waals surface area contributed by atoms with Crippen LogP contribution in [0.25, 0.3) is 0 Å². The third-order valence-electron chi connectivity index (χ3n) is 4.06. The van der Waals surface area contributed by atoms with E-state index in [1.807, 2.05) is 18.9 Å². The molecule has 2 rings (SSSR count). The zero-order valence-corrected chi connectivity index (χ0v) is 13.1. The molecule has 2 saturated heterocycles. The zero-order valence-electron chi connectivity index (χ0n) is 13.1. The first-order valence-electron chi connectivity index (χ1n) is 6.81. The number of carbonyl (C=O) groups excluding carboxylic acids is 1. The number of carbonyl (C=O) groups is 1. The summed E-state index contributed by atoms with van der Waals surface area (Å²) in [6.07, 6.45) is 1.40. The molecule has 0 aromatic rings. The number of hydrogen-bond donors (Lipinski definition) is 1. The second-order valence-electron chi connectivity index (χ2n) is 7.59. The first-order chi connectivity index (χ1) is 8.44. The Labute approximate surface area is 115 Å². The molecule has 2 fully saturated rings. The van der Waals surface area contributed by atoms with Gasteiger partial charge in [-0.15, -0.1) is 0 Å². The Morgan fingerprint density at radius 3 is 1.89 bits per heavy atom. The summed E-state index contributed by atoms with van der Waals surface area (Å²) in [6, 6.07) is 0. The Hall–Kier alpha value is -0.650. The third-order valence-corrected chi connectivity index (χ3v) is 4.06. The normalized spacial score (nSPS) is 31.4. The van der Waals surface area contributed by atoms with E-state index in [2.05, 4.69) is 33.0 Å². The first-order valence-corrected chi connectivity index (χ1v) is 6.81. The SMILES string of the molecule is CON1C(C)(C)CC2(CC1(C)C)NC(C)(C)C(=O)O2. The minimum atomic E-state index is -0.624. The van der Waals surface area contributed by atoms with Crippen LogP contribution in [0.3, 0.4) is 0 Å². The molecule has 2 aliphatic heterocycles. The van der Waals surface area contributed by atoms with Gasteiger partial charge in [-0.05, 0) is 41.5 Å². The third kappa shape index (κ3) is 2.28. The number of hydrogen-bond acceptors (Lipinski definition) is 5. The largest absolute Gasteiger partial charge is 0.442 e. The molecule has 5 heteroatoms. The zero-order chi connectivity index (χ0) is 14.7. The van der Waals surface area contributed by atoms with E-state index in [0.717, 1.165) is 0 Å². The van der Waals surface area contributed by atoms with Crippen molar-refractivity contribution in [3.8, 4) is 0 Å². The fourth-order valence-electron chi connectivity index (χ4n) is 4.03. The number of piperidine rings is 1. The van der Waals surface area contributed by atoms with Crippen molar-refractivity contribution in [1.82, 2.24) is 10.4 Å². The van der Waals surface area contributed by atoms with Crippen LogP contribution in [0.5, 0.6) is 0 Å². The average Bonchev–Trinajstić information content (AvgIpc) is 2.31. The van der Waals surface area contributed by atoms with Gasteiger partial charge in [0.1, 0.15) is 5.54 Å². The maximum atomic E-state index is 12.0. The molecule has 19 heavy (non-hydrogen) atoms. The molecule has 0 saturated carbocycles. The maximum Gasteiger partial charge on any atom is 0.327 e. The van der Waals surface area contributed by atoms with Crippen LogP contribution in [0.2, 0.25) is 0 Å². The van der Waals surface area contributed by atoms with Crippen molar-refractivity contribution in [2.24, 2.45) is 0 Å². The molecule has 0 bridgehead atoms. The Morgan fingerprint density at radius 1 is 1.11 bits per heavy atom. The van der Waals surface area contributed by atoms with Crippen LogP contribution in [0.1, 0.15) is 54.4 Å². The van der Waals surface area contributed by atoms with E-state index < -0.39 is 11.3 Å². The summed E-state index contributed by atoms with van der Waals surface area (Å²) in [7, 11) is 1.69. The Bertz CT molecular complexity index is 383. The molecule has 1 N–H and O–H groups in total. The molecule has 0 aromatic carbocycles. The van der Waals surface area contributed by atoms with Crippen molar-refractivity contribution in [3.63, 3.8) is 0 Å². The monoisotopic (exact) mass is 270 g/mol. The molecule has 110 valence electrons. The van der Waals surface area contributed by atoms with E-state index in [4.69, 9.17) is 9.57 Å². The Morgan fingerprint density at radius 2 is 1.58 bits per heavy atom. The van der Waals surface area contributed by atoms with Gasteiger partial charge < -0.3 is 9.57 Å². The minimum Gasteiger partial charge on any atom is -0.442 e. The highest BCUT2D eigenvalue weighted by atomic mass is 16.7. The van der Waals surface area contributed by atoms with Gasteiger partial charge in [0.05, 0.1) is 7.11 Å². The summed E-state index contributed by atoms with van der Waals surface area (Å²) >= 11 is 0. The number of ether oxygens (including phenoxy) is 1. The van der Waals surface area contributed by atoms with Crippen molar-refractivity contribution >= 4 is 5.97 Å². The van der Waals surface area contributed by atoms with Crippen LogP contribution in [-0.2, 0) is 14.4 Å². The van der Waals surface area contributed by atoms with E-state index in [-0.39, 0.29) is 17.0 Å². The summed E-state index contributed by atoms with van der Waals surface area (Å²) < 4.78 is 5.74. The van der Waals surface area contributed by atoms with Crippen LogP contribution >= 0.6 is 0 Å². The summed E-state index contributed by atoms with van der Waals surface area (Å²) in [6.45, 7) is 12.2. The van der Waals surface area contributed by atoms with Gasteiger partial charge in [-0.2, -0.15) is 5.06 Å². The van der Waals surface area contributed by atoms with Gasteiger partial charge in [-0.3, -0.25) is 10.1 Å². The van der Waals surface area contributed by atoms with Gasteiger partial charge in [-0.1, -0.05) is 0 Å². The molecule has 2 aliphatic rings. The predicted molar refractivity (Wildman–Crippen MR) is 72.3 cm³/mol. The lowest BCUT2D eigenvalue weighted by Gasteiger charge is -2.56. The molecule has 0 unspecified atom stereocenters. The molecule has 0 radical (unpaired) electrons. The number of esters is 1. The standard InChI is InChI=1S/C14H26N2O3/c1-11(2)8-14(9-12(3,4)16(11)18-7)15-13(5,6)10(17)19-14/h15H,8-9H2,1-7H3. The molecule has 1 spiro atoms. The number of rotatable bonds is 1. The van der Waals surface area contributed by atoms with Crippen LogP contribution in [-0.4, -0.2) is 40.5 Å². The van der Waals surface area contributed by atoms with Crippen LogP contribution in [0.15, 0.2) is 0 Å². The summed E-state index contributed by atoms with van der Waals surface area (Å²) in [5, 5.41) is 5.40. The van der Waals surface area contributed by atoms with Crippen molar-refractivity contribution in [2.45, 2.75) is 76.7 Å². The maximum absolute atomic E-state index is 12.0. The van der Waals surface area contributed by atoms with E-state index in [9.17, 15) is 4.79 Å². The topological polar surface area (TPSA) is 50.8 Å². The molecule has 2 heterocycles. The van der Waals surface area contributed by atoms with Crippen molar-refractivity contribution in [3.05, 3.63) is 0 Å². The lowest BCUT2D eigenvalue weighted by atomic mass is 9.76. The molecule has 0 aromatic heterocycles. The second-order valence-corrected chi connectivity index (χ2v) is 7.59. The van der Waals surface area contributed by atoms with Gasteiger partial charge in [0.15, 0.2) is 5.72 Å². The predicted octanol–water partition coefficient (Wildman–Crippen LogP) is 1.82. The lowest BCUT2D eigenvalue weighted by molar-refractivity contribution is -0.293. The lowest BCUT2D eigenvalue weighted by Crippen LogP contribution is -2.68. The number of hydroxylamine groups is 2. The van der Waals surface area contributed by atoms with Crippen LogP contribution < -0.4 is 5.32 Å². The highest BCUT2D eigenvalue weighted by Crippen LogP contribution is 2.47. The van der Waals surface area contributed by atoms with Crippen molar-refractivity contribution < 1.29 is 14.4 Å². The van der Waals surface area contributed by atoms with E-state index in [1.165, 1.54) is 0 Å². The molecule has 0 aliphatic carbocycles. The van der Waals surface area contributed by atoms with Gasteiger partial charge >= 0.3 is 5.97 Å². The van der Waals surface area contributed by atoms with Gasteiger partial charge in [-0.25, -0.2) is 0 Å². The summed E-state index contributed by atoms with van der Waals surface area (Å²) in [5.74, 6) is -0.176. The van der Waals surface area contributed by atoms with E-state index >= 15 is 0 Å². The van der Waals surface area contributed by atoms with Crippen molar-refractivity contribution in [1.29, 1.82) is 0 Å². The highest BCUT2D eigenvalue weighted by Gasteiger charge is 2.60. The number of nitrogens with zero attached hydrogens (tertiary/aromatic N) is 1.